The number of rotatable bonds is 4. The number of thiophene rings is 1. The normalized spacial score (nSPS) is 13.4. The Morgan fingerprint density at radius 2 is 2.08 bits per heavy atom. The Morgan fingerprint density at radius 3 is 2.80 bits per heavy atom. The zero-order valence-corrected chi connectivity index (χ0v) is 16.1. The second-order valence-electron chi connectivity index (χ2n) is 6.13. The van der Waals surface area contributed by atoms with Crippen molar-refractivity contribution >= 4 is 44.1 Å². The first-order valence-electron chi connectivity index (χ1n) is 7.97. The number of carbonyl (C=O) groups excluding carboxylic acids is 2. The molecular formula is C17H18BrN3O3S. The van der Waals surface area contributed by atoms with E-state index in [0.717, 1.165) is 41.7 Å². The van der Waals surface area contributed by atoms with Crippen molar-refractivity contribution in [3.05, 3.63) is 48.7 Å². The molecule has 0 aromatic carbocycles. The van der Waals surface area contributed by atoms with Crippen LogP contribution >= 0.6 is 27.3 Å². The molecule has 0 fully saturated rings. The lowest BCUT2D eigenvalue weighted by molar-refractivity contribution is -0.116. The number of anilines is 1. The highest BCUT2D eigenvalue weighted by molar-refractivity contribution is 9.10. The van der Waals surface area contributed by atoms with Crippen molar-refractivity contribution in [2.24, 2.45) is 5.73 Å². The van der Waals surface area contributed by atoms with Crippen LogP contribution in [0.25, 0.3) is 0 Å². The van der Waals surface area contributed by atoms with E-state index in [1.165, 1.54) is 15.9 Å². The number of halogens is 1. The number of pyridine rings is 1. The van der Waals surface area contributed by atoms with Gasteiger partial charge in [0.05, 0.1) is 10.0 Å². The Balaban J connectivity index is 1.86. The van der Waals surface area contributed by atoms with Crippen molar-refractivity contribution in [1.82, 2.24) is 4.57 Å². The van der Waals surface area contributed by atoms with Crippen molar-refractivity contribution in [3.63, 3.8) is 0 Å². The van der Waals surface area contributed by atoms with E-state index < -0.39 is 5.91 Å². The molecular weight excluding hydrogens is 406 g/mol. The third-order valence-electron chi connectivity index (χ3n) is 4.16. The van der Waals surface area contributed by atoms with Crippen LogP contribution < -0.4 is 16.6 Å². The molecule has 0 atom stereocenters. The fourth-order valence-electron chi connectivity index (χ4n) is 3.09. The molecule has 132 valence electrons. The van der Waals surface area contributed by atoms with Gasteiger partial charge in [0.25, 0.3) is 11.5 Å². The molecule has 2 aromatic rings. The zero-order chi connectivity index (χ0) is 18.1. The number of aromatic nitrogens is 1. The maximum Gasteiger partial charge on any atom is 0.265 e. The quantitative estimate of drug-likeness (QED) is 0.790. The van der Waals surface area contributed by atoms with Crippen LogP contribution in [0.4, 0.5) is 5.00 Å². The predicted molar refractivity (Wildman–Crippen MR) is 101 cm³/mol. The van der Waals surface area contributed by atoms with E-state index in [4.69, 9.17) is 5.73 Å². The fourth-order valence-corrected chi connectivity index (χ4v) is 4.99. The van der Waals surface area contributed by atoms with Gasteiger partial charge in [-0.25, -0.2) is 0 Å². The van der Waals surface area contributed by atoms with Gasteiger partial charge in [-0.2, -0.15) is 0 Å². The summed E-state index contributed by atoms with van der Waals surface area (Å²) in [6, 6.07) is 1.70. The molecule has 3 rings (SSSR count). The third-order valence-corrected chi connectivity index (χ3v) is 5.94. The lowest BCUT2D eigenvalue weighted by Gasteiger charge is -2.11. The van der Waals surface area contributed by atoms with Gasteiger partial charge in [-0.05, 0) is 65.7 Å². The van der Waals surface area contributed by atoms with Crippen LogP contribution in [0.2, 0.25) is 0 Å². The lowest BCUT2D eigenvalue weighted by Crippen LogP contribution is -2.28. The van der Waals surface area contributed by atoms with Crippen LogP contribution in [-0.2, 0) is 24.2 Å². The zero-order valence-electron chi connectivity index (χ0n) is 13.7. The molecule has 3 N–H and O–H groups in total. The maximum atomic E-state index is 12.4. The summed E-state index contributed by atoms with van der Waals surface area (Å²) in [5, 5.41) is 3.26. The molecule has 2 heterocycles. The SMILES string of the molecule is Cc1cc(Br)c(=O)n(CC(=O)Nc2sc3c(c2C(N)=O)CCCC3)c1. The van der Waals surface area contributed by atoms with E-state index in [1.54, 1.807) is 12.3 Å². The molecule has 0 saturated heterocycles. The minimum atomic E-state index is -0.523. The van der Waals surface area contributed by atoms with Crippen LogP contribution in [0.5, 0.6) is 0 Å². The van der Waals surface area contributed by atoms with Crippen molar-refractivity contribution < 1.29 is 9.59 Å². The summed E-state index contributed by atoms with van der Waals surface area (Å²) in [6.45, 7) is 1.72. The predicted octanol–water partition coefficient (Wildman–Crippen LogP) is 2.60. The number of nitrogens with zero attached hydrogens (tertiary/aromatic N) is 1. The van der Waals surface area contributed by atoms with Crippen LogP contribution in [0.1, 0.15) is 39.2 Å². The summed E-state index contributed by atoms with van der Waals surface area (Å²) in [6.07, 6.45) is 5.43. The van der Waals surface area contributed by atoms with Crippen molar-refractivity contribution in [2.75, 3.05) is 5.32 Å². The summed E-state index contributed by atoms with van der Waals surface area (Å²) in [5.74, 6) is -0.883. The van der Waals surface area contributed by atoms with Gasteiger partial charge in [-0.15, -0.1) is 11.3 Å². The summed E-state index contributed by atoms with van der Waals surface area (Å²) in [7, 11) is 0. The Bertz CT molecular complexity index is 917. The van der Waals surface area contributed by atoms with Gasteiger partial charge in [-0.3, -0.25) is 14.4 Å². The van der Waals surface area contributed by atoms with Gasteiger partial charge in [0, 0.05) is 11.1 Å². The van der Waals surface area contributed by atoms with E-state index in [0.29, 0.717) is 15.0 Å². The van der Waals surface area contributed by atoms with Crippen molar-refractivity contribution in [1.29, 1.82) is 0 Å². The topological polar surface area (TPSA) is 94.2 Å². The number of carbonyl (C=O) groups is 2. The number of amides is 2. The average molecular weight is 424 g/mol. The molecule has 0 unspecified atom stereocenters. The number of hydrogen-bond acceptors (Lipinski definition) is 4. The summed E-state index contributed by atoms with van der Waals surface area (Å²) < 4.78 is 1.75. The van der Waals surface area contributed by atoms with E-state index in [9.17, 15) is 14.4 Å². The van der Waals surface area contributed by atoms with E-state index in [2.05, 4.69) is 21.2 Å². The molecule has 0 aliphatic heterocycles. The molecule has 6 nitrogen and oxygen atoms in total. The molecule has 2 aromatic heterocycles. The minimum Gasteiger partial charge on any atom is -0.365 e. The van der Waals surface area contributed by atoms with Crippen LogP contribution in [-0.4, -0.2) is 16.4 Å². The molecule has 8 heteroatoms. The Kier molecular flexibility index (Phi) is 5.10. The highest BCUT2D eigenvalue weighted by Crippen LogP contribution is 2.37. The molecule has 1 aliphatic carbocycles. The fraction of sp³-hybridized carbons (Fsp3) is 0.353. The molecule has 1 aliphatic rings. The van der Waals surface area contributed by atoms with Crippen LogP contribution in [0, 0.1) is 6.92 Å². The van der Waals surface area contributed by atoms with Crippen molar-refractivity contribution in [3.8, 4) is 0 Å². The first kappa shape index (κ1) is 17.9. The van der Waals surface area contributed by atoms with Gasteiger partial charge in [0.2, 0.25) is 5.91 Å². The molecule has 0 saturated carbocycles. The number of primary amides is 1. The lowest BCUT2D eigenvalue weighted by atomic mass is 9.95. The third kappa shape index (κ3) is 3.69. The van der Waals surface area contributed by atoms with Gasteiger partial charge in [-0.1, -0.05) is 0 Å². The summed E-state index contributed by atoms with van der Waals surface area (Å²) in [5.41, 5.74) is 7.51. The summed E-state index contributed by atoms with van der Waals surface area (Å²) in [4.78, 5) is 37.5. The summed E-state index contributed by atoms with van der Waals surface area (Å²) >= 11 is 4.61. The highest BCUT2D eigenvalue weighted by Gasteiger charge is 2.25. The highest BCUT2D eigenvalue weighted by atomic mass is 79.9. The standard InChI is InChI=1S/C17H18BrN3O3S/c1-9-6-11(18)17(24)21(7-9)8-13(22)20-16-14(15(19)23)10-4-2-3-5-12(10)25-16/h6-7H,2-5,8H2,1H3,(H2,19,23)(H,20,22). The maximum absolute atomic E-state index is 12.4. The number of nitrogens with one attached hydrogen (secondary N) is 1. The largest absolute Gasteiger partial charge is 0.365 e. The Morgan fingerprint density at radius 1 is 1.36 bits per heavy atom. The monoisotopic (exact) mass is 423 g/mol. The number of hydrogen-bond donors (Lipinski definition) is 2. The van der Waals surface area contributed by atoms with Crippen LogP contribution in [0.3, 0.4) is 0 Å². The molecule has 25 heavy (non-hydrogen) atoms. The Labute approximate surface area is 157 Å². The second-order valence-corrected chi connectivity index (χ2v) is 8.09. The second kappa shape index (κ2) is 7.13. The number of fused-ring (bicyclic) bond motifs is 1. The number of nitrogens with two attached hydrogens (primary N) is 1. The van der Waals surface area contributed by atoms with Crippen molar-refractivity contribution in [2.45, 2.75) is 39.2 Å². The number of aryl methyl sites for hydroxylation is 2. The van der Waals surface area contributed by atoms with E-state index in [-0.39, 0.29) is 18.0 Å². The molecule has 0 bridgehead atoms. The van der Waals surface area contributed by atoms with Crippen LogP contribution in [0.15, 0.2) is 21.5 Å². The molecule has 2 amide bonds. The first-order chi connectivity index (χ1) is 11.9. The van der Waals surface area contributed by atoms with Gasteiger partial charge in [0.15, 0.2) is 0 Å². The van der Waals surface area contributed by atoms with Gasteiger partial charge >= 0.3 is 0 Å². The Hall–Kier alpha value is -1.93. The molecule has 0 radical (unpaired) electrons. The van der Waals surface area contributed by atoms with Gasteiger partial charge < -0.3 is 15.6 Å². The first-order valence-corrected chi connectivity index (χ1v) is 9.58. The molecule has 0 spiro atoms. The smallest absolute Gasteiger partial charge is 0.265 e. The average Bonchev–Trinajstić information content (AvgIpc) is 2.89. The van der Waals surface area contributed by atoms with E-state index >= 15 is 0 Å². The van der Waals surface area contributed by atoms with Gasteiger partial charge in [0.1, 0.15) is 11.5 Å². The van der Waals surface area contributed by atoms with E-state index in [1.807, 2.05) is 6.92 Å². The minimum absolute atomic E-state index is 0.125.